The van der Waals surface area contributed by atoms with Gasteiger partial charge in [0.25, 0.3) is 5.91 Å². The summed E-state index contributed by atoms with van der Waals surface area (Å²) >= 11 is 3.06. The second-order valence-electron chi connectivity index (χ2n) is 6.47. The van der Waals surface area contributed by atoms with Crippen LogP contribution < -0.4 is 16.4 Å². The van der Waals surface area contributed by atoms with Crippen LogP contribution in [0.3, 0.4) is 0 Å². The van der Waals surface area contributed by atoms with Crippen LogP contribution >= 0.6 is 23.1 Å². The third-order valence-electron chi connectivity index (χ3n) is 4.78. The van der Waals surface area contributed by atoms with Gasteiger partial charge in [-0.3, -0.25) is 9.59 Å². The number of thiophene rings is 1. The molecule has 2 saturated heterocycles. The van der Waals surface area contributed by atoms with Crippen molar-refractivity contribution in [3.05, 3.63) is 46.8 Å². The molecule has 0 radical (unpaired) electrons. The average molecular weight is 374 g/mol. The molecule has 0 saturated carbocycles. The summed E-state index contributed by atoms with van der Waals surface area (Å²) in [5.41, 5.74) is 5.75. The molecule has 2 amide bonds. The van der Waals surface area contributed by atoms with Crippen LogP contribution in [0.5, 0.6) is 0 Å². The molecule has 4 rings (SSSR count). The molecular formula is C18H19N3O2S2. The van der Waals surface area contributed by atoms with E-state index in [0.717, 1.165) is 26.8 Å². The van der Waals surface area contributed by atoms with E-state index in [9.17, 15) is 9.59 Å². The number of carbonyl (C=O) groups excluding carboxylic acids is 2. The van der Waals surface area contributed by atoms with Crippen LogP contribution in [0.25, 0.3) is 0 Å². The van der Waals surface area contributed by atoms with Gasteiger partial charge in [-0.05, 0) is 55.7 Å². The summed E-state index contributed by atoms with van der Waals surface area (Å²) in [7, 11) is 0. The predicted octanol–water partition coefficient (Wildman–Crippen LogP) is 2.62. The molecule has 4 N–H and O–H groups in total. The highest BCUT2D eigenvalue weighted by Gasteiger charge is 2.39. The fourth-order valence-electron chi connectivity index (χ4n) is 3.52. The van der Waals surface area contributed by atoms with E-state index in [1.807, 2.05) is 24.3 Å². The summed E-state index contributed by atoms with van der Waals surface area (Å²) in [5, 5.41) is 6.71. The number of primary amides is 1. The molecule has 130 valence electrons. The topological polar surface area (TPSA) is 84.2 Å². The van der Waals surface area contributed by atoms with Crippen molar-refractivity contribution in [3.63, 3.8) is 0 Å². The van der Waals surface area contributed by atoms with E-state index >= 15 is 0 Å². The van der Waals surface area contributed by atoms with Gasteiger partial charge in [-0.25, -0.2) is 0 Å². The summed E-state index contributed by atoms with van der Waals surface area (Å²) in [6.45, 7) is 0. The van der Waals surface area contributed by atoms with Gasteiger partial charge >= 0.3 is 0 Å². The number of rotatable bonds is 5. The van der Waals surface area contributed by atoms with E-state index in [0.29, 0.717) is 17.6 Å². The first-order valence-corrected chi connectivity index (χ1v) is 9.96. The Morgan fingerprint density at radius 2 is 1.96 bits per heavy atom. The van der Waals surface area contributed by atoms with Gasteiger partial charge < -0.3 is 16.4 Å². The largest absolute Gasteiger partial charge is 0.366 e. The first-order valence-electron chi connectivity index (χ1n) is 8.33. The Morgan fingerprint density at radius 1 is 1.16 bits per heavy atom. The third kappa shape index (κ3) is 3.58. The van der Waals surface area contributed by atoms with Crippen LogP contribution in [0.2, 0.25) is 0 Å². The quantitative estimate of drug-likeness (QED) is 0.752. The van der Waals surface area contributed by atoms with Gasteiger partial charge in [0.15, 0.2) is 0 Å². The Balaban J connectivity index is 1.38. The Kier molecular flexibility index (Phi) is 4.54. The summed E-state index contributed by atoms with van der Waals surface area (Å²) < 4.78 is 1.04. The Morgan fingerprint density at radius 3 is 2.60 bits per heavy atom. The zero-order valence-corrected chi connectivity index (χ0v) is 15.2. The second kappa shape index (κ2) is 6.82. The molecule has 0 aliphatic carbocycles. The van der Waals surface area contributed by atoms with Crippen molar-refractivity contribution in [1.29, 1.82) is 0 Å². The zero-order chi connectivity index (χ0) is 17.4. The molecule has 7 heteroatoms. The molecule has 1 aromatic carbocycles. The van der Waals surface area contributed by atoms with Gasteiger partial charge in [0.05, 0.1) is 9.09 Å². The number of nitrogens with two attached hydrogens (primary N) is 1. The number of benzene rings is 1. The van der Waals surface area contributed by atoms with Crippen LogP contribution in [-0.2, 0) is 0 Å². The number of hydrogen-bond acceptors (Lipinski definition) is 5. The minimum absolute atomic E-state index is 0.0141. The molecule has 2 bridgehead atoms. The Bertz CT molecular complexity index is 803. The van der Waals surface area contributed by atoms with Crippen molar-refractivity contribution < 1.29 is 9.59 Å². The summed E-state index contributed by atoms with van der Waals surface area (Å²) in [5.74, 6) is -0.415. The van der Waals surface area contributed by atoms with Crippen molar-refractivity contribution >= 4 is 34.9 Å². The summed E-state index contributed by atoms with van der Waals surface area (Å²) in [6, 6.07) is 12.3. The third-order valence-corrected chi connectivity index (χ3v) is 7.00. The fourth-order valence-corrected chi connectivity index (χ4v) is 5.53. The lowest BCUT2D eigenvalue weighted by molar-refractivity contribution is 0.0934. The van der Waals surface area contributed by atoms with Gasteiger partial charge in [0.2, 0.25) is 5.91 Å². The molecule has 1 aromatic heterocycles. The molecule has 0 unspecified atom stereocenters. The SMILES string of the molecule is NC(=O)c1ccc(Sc2ccc(C(=O)N[C@@H]3C[C@H]4CC[C@@H]3N4)s2)cc1. The van der Waals surface area contributed by atoms with Crippen molar-refractivity contribution in [2.24, 2.45) is 5.73 Å². The van der Waals surface area contributed by atoms with Crippen LogP contribution in [-0.4, -0.2) is 29.9 Å². The lowest BCUT2D eigenvalue weighted by atomic mass is 9.95. The number of fused-ring (bicyclic) bond motifs is 2. The minimum Gasteiger partial charge on any atom is -0.366 e. The fraction of sp³-hybridized carbons (Fsp3) is 0.333. The number of nitrogens with one attached hydrogen (secondary N) is 2. The molecular weight excluding hydrogens is 354 g/mol. The zero-order valence-electron chi connectivity index (χ0n) is 13.5. The molecule has 2 fully saturated rings. The molecule has 0 spiro atoms. The Hall–Kier alpha value is -1.83. The molecule has 5 nitrogen and oxygen atoms in total. The standard InChI is InChI=1S/C18H19N3O2S2/c19-17(22)10-1-4-12(5-2-10)24-16-8-7-15(25-16)18(23)21-14-9-11-3-6-13(14)20-11/h1-2,4-5,7-8,11,13-14,20H,3,6,9H2,(H2,19,22)(H,21,23)/t11-,13+,14-/m1/s1. The maximum Gasteiger partial charge on any atom is 0.261 e. The lowest BCUT2D eigenvalue weighted by Gasteiger charge is -2.20. The smallest absolute Gasteiger partial charge is 0.261 e. The molecule has 3 heterocycles. The van der Waals surface area contributed by atoms with E-state index in [2.05, 4.69) is 10.6 Å². The van der Waals surface area contributed by atoms with E-state index in [1.54, 1.807) is 23.9 Å². The average Bonchev–Trinajstić information content (AvgIpc) is 3.32. The highest BCUT2D eigenvalue weighted by atomic mass is 32.2. The maximum absolute atomic E-state index is 12.5. The minimum atomic E-state index is -0.429. The van der Waals surface area contributed by atoms with Gasteiger partial charge in [-0.15, -0.1) is 11.3 Å². The van der Waals surface area contributed by atoms with Crippen LogP contribution in [0, 0.1) is 0 Å². The van der Waals surface area contributed by atoms with Crippen molar-refractivity contribution in [1.82, 2.24) is 10.6 Å². The second-order valence-corrected chi connectivity index (χ2v) is 8.93. The van der Waals surface area contributed by atoms with E-state index < -0.39 is 5.91 Å². The number of amides is 2. The molecule has 2 aromatic rings. The number of carbonyl (C=O) groups is 2. The number of hydrogen-bond donors (Lipinski definition) is 3. The molecule has 2 aliphatic heterocycles. The molecule has 25 heavy (non-hydrogen) atoms. The monoisotopic (exact) mass is 373 g/mol. The van der Waals surface area contributed by atoms with E-state index in [1.165, 1.54) is 17.8 Å². The highest BCUT2D eigenvalue weighted by Crippen LogP contribution is 2.34. The van der Waals surface area contributed by atoms with Crippen LogP contribution in [0.4, 0.5) is 0 Å². The summed E-state index contributed by atoms with van der Waals surface area (Å²) in [4.78, 5) is 25.3. The Labute approximate surface area is 154 Å². The first kappa shape index (κ1) is 16.6. The van der Waals surface area contributed by atoms with Gasteiger partial charge in [-0.2, -0.15) is 0 Å². The maximum atomic E-state index is 12.5. The predicted molar refractivity (Wildman–Crippen MR) is 99.2 cm³/mol. The van der Waals surface area contributed by atoms with Gasteiger partial charge in [-0.1, -0.05) is 11.8 Å². The normalized spacial score (nSPS) is 24.4. The van der Waals surface area contributed by atoms with Crippen molar-refractivity contribution in [2.75, 3.05) is 0 Å². The highest BCUT2D eigenvalue weighted by molar-refractivity contribution is 8.01. The van der Waals surface area contributed by atoms with E-state index in [4.69, 9.17) is 5.73 Å². The van der Waals surface area contributed by atoms with Gasteiger partial charge in [0.1, 0.15) is 0 Å². The van der Waals surface area contributed by atoms with Crippen molar-refractivity contribution in [3.8, 4) is 0 Å². The molecule has 2 aliphatic rings. The van der Waals surface area contributed by atoms with Crippen molar-refractivity contribution in [2.45, 2.75) is 46.5 Å². The first-order chi connectivity index (χ1) is 12.1. The summed E-state index contributed by atoms with van der Waals surface area (Å²) in [6.07, 6.45) is 3.42. The molecule has 3 atom stereocenters. The van der Waals surface area contributed by atoms with Gasteiger partial charge in [0, 0.05) is 28.6 Å². The van der Waals surface area contributed by atoms with E-state index in [-0.39, 0.29) is 11.9 Å². The van der Waals surface area contributed by atoms with Crippen LogP contribution in [0.1, 0.15) is 39.3 Å². The lowest BCUT2D eigenvalue weighted by Crippen LogP contribution is -2.42. The van der Waals surface area contributed by atoms with Crippen LogP contribution in [0.15, 0.2) is 45.5 Å².